The molecule has 1 heterocycles. The van der Waals surface area contributed by atoms with Gasteiger partial charge in [-0.3, -0.25) is 4.79 Å². The molecule has 1 atom stereocenters. The number of nitrogens with one attached hydrogen (secondary N) is 2. The van der Waals surface area contributed by atoms with Crippen molar-refractivity contribution in [2.75, 3.05) is 32.4 Å². The van der Waals surface area contributed by atoms with Crippen LogP contribution >= 0.6 is 0 Å². The lowest BCUT2D eigenvalue weighted by Crippen LogP contribution is -2.48. The Kier molecular flexibility index (Phi) is 7.18. The Balaban J connectivity index is 2.44. The second-order valence-corrected chi connectivity index (χ2v) is 6.94. The number of piperidine rings is 1. The maximum Gasteiger partial charge on any atom is 0.236 e. The molecule has 20 heavy (non-hydrogen) atoms. The highest BCUT2D eigenvalue weighted by Crippen LogP contribution is 2.19. The number of nitrogens with zero attached hydrogens (tertiary/aromatic N) is 1. The number of likely N-dealkylation sites (tertiary alicyclic amines) is 1. The van der Waals surface area contributed by atoms with Crippen LogP contribution in [0.4, 0.5) is 0 Å². The highest BCUT2D eigenvalue weighted by Gasteiger charge is 2.25. The monoisotopic (exact) mass is 303 g/mol. The summed E-state index contributed by atoms with van der Waals surface area (Å²) in [6, 6.07) is 0.135. The van der Waals surface area contributed by atoms with Crippen molar-refractivity contribution in [1.29, 1.82) is 0 Å². The number of amides is 1. The first-order valence-electron chi connectivity index (χ1n) is 7.00. The van der Waals surface area contributed by atoms with Gasteiger partial charge in [-0.25, -0.2) is 13.1 Å². The van der Waals surface area contributed by atoms with E-state index in [2.05, 4.69) is 16.6 Å². The van der Waals surface area contributed by atoms with Crippen LogP contribution in [-0.4, -0.2) is 57.7 Å². The predicted octanol–water partition coefficient (Wildman–Crippen LogP) is 0.0824. The topological polar surface area (TPSA) is 78.5 Å². The molecule has 0 aromatic rings. The van der Waals surface area contributed by atoms with Crippen molar-refractivity contribution in [1.82, 2.24) is 14.9 Å². The van der Waals surface area contributed by atoms with Crippen LogP contribution in [0.3, 0.4) is 0 Å². The Morgan fingerprint density at radius 3 is 2.85 bits per heavy atom. The second kappa shape index (κ2) is 8.39. The first-order valence-corrected chi connectivity index (χ1v) is 8.89. The fourth-order valence-electron chi connectivity index (χ4n) is 2.42. The molecular weight excluding hydrogens is 278 g/mol. The molecule has 1 saturated heterocycles. The first-order chi connectivity index (χ1) is 9.44. The molecule has 1 amide bonds. The molecule has 6 nitrogen and oxygen atoms in total. The van der Waals surface area contributed by atoms with Crippen molar-refractivity contribution in [3.8, 4) is 0 Å². The number of hydrogen-bond donors (Lipinski definition) is 2. The molecule has 7 heteroatoms. The molecule has 1 aliphatic heterocycles. The number of carbonyl (C=O) groups is 1. The van der Waals surface area contributed by atoms with Gasteiger partial charge in [0, 0.05) is 25.7 Å². The third-order valence-corrected chi connectivity index (χ3v) is 4.08. The van der Waals surface area contributed by atoms with E-state index in [0.717, 1.165) is 32.1 Å². The summed E-state index contributed by atoms with van der Waals surface area (Å²) in [7, 11) is -3.16. The Hall–Kier alpha value is -0.920. The lowest BCUT2D eigenvalue weighted by Gasteiger charge is -2.36. The van der Waals surface area contributed by atoms with Gasteiger partial charge in [0.15, 0.2) is 0 Å². The molecule has 1 unspecified atom stereocenters. The largest absolute Gasteiger partial charge is 0.339 e. The molecule has 0 bridgehead atoms. The third kappa shape index (κ3) is 6.49. The van der Waals surface area contributed by atoms with Gasteiger partial charge in [-0.05, 0) is 25.7 Å². The van der Waals surface area contributed by atoms with Crippen molar-refractivity contribution in [2.45, 2.75) is 31.7 Å². The predicted molar refractivity (Wildman–Crippen MR) is 79.9 cm³/mol. The number of hydrogen-bond acceptors (Lipinski definition) is 4. The second-order valence-electron chi connectivity index (χ2n) is 5.11. The lowest BCUT2D eigenvalue weighted by atomic mass is 9.99. The van der Waals surface area contributed by atoms with Gasteiger partial charge in [-0.2, -0.15) is 0 Å². The summed E-state index contributed by atoms with van der Waals surface area (Å²) < 4.78 is 24.6. The van der Waals surface area contributed by atoms with Crippen molar-refractivity contribution in [3.05, 3.63) is 12.7 Å². The van der Waals surface area contributed by atoms with Crippen LogP contribution in [0, 0.1) is 0 Å². The molecule has 0 radical (unpaired) electrons. The molecule has 1 aliphatic rings. The minimum absolute atomic E-state index is 0.0795. The highest BCUT2D eigenvalue weighted by atomic mass is 32.2. The van der Waals surface area contributed by atoms with Crippen LogP contribution in [0.1, 0.15) is 25.7 Å². The van der Waals surface area contributed by atoms with E-state index in [1.165, 1.54) is 0 Å². The number of sulfonamides is 1. The van der Waals surface area contributed by atoms with E-state index >= 15 is 0 Å². The fraction of sp³-hybridized carbons (Fsp3) is 0.769. The van der Waals surface area contributed by atoms with Gasteiger partial charge >= 0.3 is 0 Å². The van der Waals surface area contributed by atoms with Crippen LogP contribution < -0.4 is 10.0 Å². The maximum absolute atomic E-state index is 12.1. The van der Waals surface area contributed by atoms with Gasteiger partial charge < -0.3 is 10.2 Å². The van der Waals surface area contributed by atoms with E-state index < -0.39 is 10.0 Å². The lowest BCUT2D eigenvalue weighted by molar-refractivity contribution is -0.133. The molecular formula is C13H25N3O3S. The smallest absolute Gasteiger partial charge is 0.236 e. The van der Waals surface area contributed by atoms with Gasteiger partial charge in [-0.1, -0.05) is 6.08 Å². The van der Waals surface area contributed by atoms with E-state index in [9.17, 15) is 13.2 Å². The molecule has 0 aromatic carbocycles. The summed E-state index contributed by atoms with van der Waals surface area (Å²) in [5.41, 5.74) is 0. The molecule has 0 aliphatic carbocycles. The summed E-state index contributed by atoms with van der Waals surface area (Å²) in [6.07, 6.45) is 6.59. The Bertz CT molecular complexity index is 423. The molecule has 0 spiro atoms. The minimum atomic E-state index is -3.16. The summed E-state index contributed by atoms with van der Waals surface area (Å²) in [5, 5.41) is 3.01. The van der Waals surface area contributed by atoms with Crippen LogP contribution in [0.2, 0.25) is 0 Å². The molecule has 1 rings (SSSR count). The van der Waals surface area contributed by atoms with E-state index in [4.69, 9.17) is 0 Å². The van der Waals surface area contributed by atoms with Crippen molar-refractivity contribution < 1.29 is 13.2 Å². The van der Waals surface area contributed by atoms with Crippen molar-refractivity contribution in [2.24, 2.45) is 0 Å². The summed E-state index contributed by atoms with van der Waals surface area (Å²) in [4.78, 5) is 14.0. The standard InChI is InChI=1S/C13H25N3O3S/c1-3-8-14-11-13(17)16-10-5-4-6-12(16)7-9-15-20(2,18)19/h3,12,14-15H,1,4-11H2,2H3. The zero-order chi connectivity index (χ0) is 15.0. The SMILES string of the molecule is C=CCNCC(=O)N1CCCCC1CCNS(C)(=O)=O. The van der Waals surface area contributed by atoms with Gasteiger partial charge in [0.25, 0.3) is 0 Å². The van der Waals surface area contributed by atoms with Gasteiger partial charge in [0.2, 0.25) is 15.9 Å². The molecule has 0 saturated carbocycles. The Labute approximate surface area is 121 Å². The van der Waals surface area contributed by atoms with Crippen LogP contribution in [-0.2, 0) is 14.8 Å². The Morgan fingerprint density at radius 2 is 2.20 bits per heavy atom. The molecule has 2 N–H and O–H groups in total. The van der Waals surface area contributed by atoms with E-state index in [1.807, 2.05) is 4.90 Å². The van der Waals surface area contributed by atoms with Crippen LogP contribution in [0.25, 0.3) is 0 Å². The normalized spacial score (nSPS) is 19.9. The molecule has 116 valence electrons. The van der Waals surface area contributed by atoms with Crippen LogP contribution in [0.5, 0.6) is 0 Å². The summed E-state index contributed by atoms with van der Waals surface area (Å²) in [5.74, 6) is 0.0795. The average molecular weight is 303 g/mol. The minimum Gasteiger partial charge on any atom is -0.339 e. The molecule has 0 aromatic heterocycles. The van der Waals surface area contributed by atoms with Crippen molar-refractivity contribution >= 4 is 15.9 Å². The quantitative estimate of drug-likeness (QED) is 0.492. The maximum atomic E-state index is 12.1. The van der Waals surface area contributed by atoms with Crippen molar-refractivity contribution in [3.63, 3.8) is 0 Å². The fourth-order valence-corrected chi connectivity index (χ4v) is 2.91. The molecule has 1 fully saturated rings. The third-order valence-electron chi connectivity index (χ3n) is 3.35. The zero-order valence-corrected chi connectivity index (χ0v) is 12.9. The number of carbonyl (C=O) groups excluding carboxylic acids is 1. The van der Waals surface area contributed by atoms with Gasteiger partial charge in [-0.15, -0.1) is 6.58 Å². The van der Waals surface area contributed by atoms with E-state index in [1.54, 1.807) is 6.08 Å². The summed E-state index contributed by atoms with van der Waals surface area (Å²) >= 11 is 0. The first kappa shape index (κ1) is 17.1. The number of rotatable bonds is 8. The van der Waals surface area contributed by atoms with Gasteiger partial charge in [0.05, 0.1) is 12.8 Å². The van der Waals surface area contributed by atoms with E-state index in [-0.39, 0.29) is 11.9 Å². The average Bonchev–Trinajstić information content (AvgIpc) is 2.38. The zero-order valence-electron chi connectivity index (χ0n) is 12.1. The Morgan fingerprint density at radius 1 is 1.45 bits per heavy atom. The highest BCUT2D eigenvalue weighted by molar-refractivity contribution is 7.88. The van der Waals surface area contributed by atoms with Crippen LogP contribution in [0.15, 0.2) is 12.7 Å². The van der Waals surface area contributed by atoms with E-state index in [0.29, 0.717) is 26.1 Å². The van der Waals surface area contributed by atoms with Gasteiger partial charge in [0.1, 0.15) is 0 Å². The summed E-state index contributed by atoms with van der Waals surface area (Å²) in [6.45, 7) is 5.66.